The molecule has 0 radical (unpaired) electrons. The molecule has 1 saturated heterocycles. The Labute approximate surface area is 170 Å². The molecule has 2 unspecified atom stereocenters. The number of carbonyl (C=O) groups excluding carboxylic acids is 1. The number of nitrogens with zero attached hydrogens (tertiary/aromatic N) is 1. The Bertz CT molecular complexity index is 821. The van der Waals surface area contributed by atoms with Gasteiger partial charge in [-0.3, -0.25) is 4.79 Å². The Morgan fingerprint density at radius 3 is 2.27 bits per heavy atom. The van der Waals surface area contributed by atoms with Crippen molar-refractivity contribution in [1.82, 2.24) is 4.31 Å². The zero-order chi connectivity index (χ0) is 19.7. The highest BCUT2D eigenvalue weighted by molar-refractivity contribution is 7.89. The zero-order valence-electron chi connectivity index (χ0n) is 14.9. The molecule has 0 spiro atoms. The minimum Gasteiger partial charge on any atom is -0.272 e. The van der Waals surface area contributed by atoms with Crippen molar-refractivity contribution in [2.24, 2.45) is 5.92 Å². The molecule has 1 aliphatic rings. The molecule has 1 fully saturated rings. The third kappa shape index (κ3) is 3.91. The standard InChI is InChI=1S/C18H22Cl3NO3S/c1-12-4-6-16(7-5-12)26(24,25)22-11-15(10-20)18(21,17(22)23)8-13(2)14(3)9-19/h4-7,15H,8-11H2,1-3H3/b14-13+. The van der Waals surface area contributed by atoms with Gasteiger partial charge in [-0.25, -0.2) is 12.7 Å². The SMILES string of the molecule is C/C(CCl)=C(/C)CC1(Cl)C(=O)N(S(=O)(=O)c2ccc(C)cc2)CC1CCl. The fourth-order valence-electron chi connectivity index (χ4n) is 2.90. The summed E-state index contributed by atoms with van der Waals surface area (Å²) in [6.45, 7) is 5.53. The van der Waals surface area contributed by atoms with Crippen molar-refractivity contribution in [1.29, 1.82) is 0 Å². The third-order valence-corrected chi connectivity index (χ3v) is 8.00. The summed E-state index contributed by atoms with van der Waals surface area (Å²) in [6.07, 6.45) is 0.212. The van der Waals surface area contributed by atoms with Gasteiger partial charge in [0.25, 0.3) is 15.9 Å². The first-order valence-corrected chi connectivity index (χ1v) is 11.1. The summed E-state index contributed by atoms with van der Waals surface area (Å²) in [4.78, 5) is 11.7. The van der Waals surface area contributed by atoms with Crippen molar-refractivity contribution in [2.75, 3.05) is 18.3 Å². The van der Waals surface area contributed by atoms with Crippen molar-refractivity contribution >= 4 is 50.7 Å². The Hall–Kier alpha value is -0.750. The van der Waals surface area contributed by atoms with Gasteiger partial charge in [-0.05, 0) is 39.3 Å². The Balaban J connectivity index is 2.42. The fourth-order valence-corrected chi connectivity index (χ4v) is 5.56. The predicted molar refractivity (Wildman–Crippen MR) is 107 cm³/mol. The number of hydrogen-bond donors (Lipinski definition) is 0. The highest BCUT2D eigenvalue weighted by Crippen LogP contribution is 2.43. The van der Waals surface area contributed by atoms with Gasteiger partial charge >= 0.3 is 0 Å². The van der Waals surface area contributed by atoms with Crippen LogP contribution in [-0.4, -0.2) is 41.8 Å². The summed E-state index contributed by atoms with van der Waals surface area (Å²) < 4.78 is 26.8. The van der Waals surface area contributed by atoms with E-state index in [9.17, 15) is 13.2 Å². The van der Waals surface area contributed by atoms with Crippen LogP contribution in [0.15, 0.2) is 40.3 Å². The normalized spacial score (nSPS) is 24.8. The van der Waals surface area contributed by atoms with E-state index in [0.717, 1.165) is 21.0 Å². The number of halogens is 3. The van der Waals surface area contributed by atoms with Crippen LogP contribution in [0.5, 0.6) is 0 Å². The number of amides is 1. The summed E-state index contributed by atoms with van der Waals surface area (Å²) in [5.41, 5.74) is 2.71. The molecule has 0 saturated carbocycles. The number of hydrogen-bond acceptors (Lipinski definition) is 3. The van der Waals surface area contributed by atoms with E-state index in [1.165, 1.54) is 12.1 Å². The topological polar surface area (TPSA) is 54.5 Å². The smallest absolute Gasteiger partial charge is 0.266 e. The minimum atomic E-state index is -3.98. The van der Waals surface area contributed by atoms with E-state index in [1.807, 2.05) is 20.8 Å². The third-order valence-electron chi connectivity index (χ3n) is 4.86. The summed E-state index contributed by atoms with van der Waals surface area (Å²) in [7, 11) is -3.98. The molecule has 0 bridgehead atoms. The lowest BCUT2D eigenvalue weighted by Gasteiger charge is -2.26. The number of aryl methyl sites for hydroxylation is 1. The van der Waals surface area contributed by atoms with Crippen molar-refractivity contribution in [3.63, 3.8) is 0 Å². The minimum absolute atomic E-state index is 0.0325. The molecule has 1 amide bonds. The predicted octanol–water partition coefficient (Wildman–Crippen LogP) is 4.32. The van der Waals surface area contributed by atoms with E-state index in [-0.39, 0.29) is 23.7 Å². The maximum absolute atomic E-state index is 13.0. The maximum atomic E-state index is 13.0. The van der Waals surface area contributed by atoms with Gasteiger partial charge < -0.3 is 0 Å². The second-order valence-electron chi connectivity index (χ2n) is 6.74. The quantitative estimate of drug-likeness (QED) is 0.491. The number of carbonyl (C=O) groups is 1. The van der Waals surface area contributed by atoms with Crippen LogP contribution in [-0.2, 0) is 14.8 Å². The van der Waals surface area contributed by atoms with E-state index in [4.69, 9.17) is 34.8 Å². The molecule has 1 aliphatic heterocycles. The van der Waals surface area contributed by atoms with Gasteiger partial charge in [0.2, 0.25) is 0 Å². The average Bonchev–Trinajstić information content (AvgIpc) is 2.85. The van der Waals surface area contributed by atoms with Gasteiger partial charge in [-0.15, -0.1) is 34.8 Å². The molecule has 0 aliphatic carbocycles. The molecule has 2 atom stereocenters. The average molecular weight is 439 g/mol. The Morgan fingerprint density at radius 2 is 1.77 bits per heavy atom. The maximum Gasteiger partial charge on any atom is 0.266 e. The van der Waals surface area contributed by atoms with Gasteiger partial charge in [0.15, 0.2) is 0 Å². The van der Waals surface area contributed by atoms with Gasteiger partial charge in [0.1, 0.15) is 4.87 Å². The van der Waals surface area contributed by atoms with Crippen molar-refractivity contribution in [2.45, 2.75) is 37.0 Å². The Kier molecular flexibility index (Phi) is 6.71. The molecule has 26 heavy (non-hydrogen) atoms. The van der Waals surface area contributed by atoms with E-state index in [1.54, 1.807) is 12.1 Å². The van der Waals surface area contributed by atoms with Crippen molar-refractivity contribution in [3.8, 4) is 0 Å². The van der Waals surface area contributed by atoms with Gasteiger partial charge in [-0.1, -0.05) is 28.8 Å². The highest BCUT2D eigenvalue weighted by atomic mass is 35.5. The van der Waals surface area contributed by atoms with Crippen molar-refractivity contribution in [3.05, 3.63) is 41.0 Å². The molecule has 1 heterocycles. The van der Waals surface area contributed by atoms with Crippen LogP contribution in [0.3, 0.4) is 0 Å². The van der Waals surface area contributed by atoms with Gasteiger partial charge in [-0.2, -0.15) is 0 Å². The number of benzene rings is 1. The molecule has 0 N–H and O–H groups in total. The molecular formula is C18H22Cl3NO3S. The summed E-state index contributed by atoms with van der Waals surface area (Å²) >= 11 is 18.6. The lowest BCUT2D eigenvalue weighted by molar-refractivity contribution is -0.126. The van der Waals surface area contributed by atoms with Crippen LogP contribution in [0.4, 0.5) is 0 Å². The molecule has 144 valence electrons. The van der Waals surface area contributed by atoms with Crippen LogP contribution >= 0.6 is 34.8 Å². The monoisotopic (exact) mass is 437 g/mol. The Morgan fingerprint density at radius 1 is 1.19 bits per heavy atom. The van der Waals surface area contributed by atoms with Crippen LogP contribution < -0.4 is 0 Å². The van der Waals surface area contributed by atoms with Crippen molar-refractivity contribution < 1.29 is 13.2 Å². The summed E-state index contributed by atoms with van der Waals surface area (Å²) in [6, 6.07) is 6.36. The molecule has 8 heteroatoms. The fraction of sp³-hybridized carbons (Fsp3) is 0.500. The molecule has 2 rings (SSSR count). The van der Waals surface area contributed by atoms with Crippen LogP contribution in [0.1, 0.15) is 25.8 Å². The molecule has 1 aromatic rings. The lowest BCUT2D eigenvalue weighted by atomic mass is 9.88. The summed E-state index contributed by atoms with van der Waals surface area (Å²) in [5.74, 6) is -0.713. The largest absolute Gasteiger partial charge is 0.272 e. The van der Waals surface area contributed by atoms with E-state index >= 15 is 0 Å². The first kappa shape index (κ1) is 21.5. The number of allylic oxidation sites excluding steroid dienone is 2. The first-order valence-electron chi connectivity index (χ1n) is 8.17. The number of sulfonamides is 1. The highest BCUT2D eigenvalue weighted by Gasteiger charge is 2.56. The first-order chi connectivity index (χ1) is 12.1. The van der Waals surface area contributed by atoms with E-state index in [2.05, 4.69) is 0 Å². The molecule has 1 aromatic carbocycles. The zero-order valence-corrected chi connectivity index (χ0v) is 18.0. The molecule has 4 nitrogen and oxygen atoms in total. The lowest BCUT2D eigenvalue weighted by Crippen LogP contribution is -2.41. The van der Waals surface area contributed by atoms with Crippen LogP contribution in [0.25, 0.3) is 0 Å². The summed E-state index contributed by atoms with van der Waals surface area (Å²) in [5, 5.41) is 0. The van der Waals surface area contributed by atoms with E-state index < -0.39 is 26.7 Å². The van der Waals surface area contributed by atoms with E-state index in [0.29, 0.717) is 5.88 Å². The number of alkyl halides is 3. The van der Waals surface area contributed by atoms with Gasteiger partial charge in [0, 0.05) is 24.2 Å². The molecule has 0 aromatic heterocycles. The van der Waals surface area contributed by atoms with Crippen LogP contribution in [0, 0.1) is 12.8 Å². The molecular weight excluding hydrogens is 417 g/mol. The number of rotatable bonds is 6. The van der Waals surface area contributed by atoms with Crippen LogP contribution in [0.2, 0.25) is 0 Å². The van der Waals surface area contributed by atoms with Gasteiger partial charge in [0.05, 0.1) is 4.90 Å². The second-order valence-corrected chi connectivity index (χ2v) is 9.85. The second kappa shape index (κ2) is 8.09.